The molecule has 206 valence electrons. The van der Waals surface area contributed by atoms with E-state index in [0.29, 0.717) is 6.42 Å². The van der Waals surface area contributed by atoms with E-state index in [4.69, 9.17) is 5.11 Å². The summed E-state index contributed by atoms with van der Waals surface area (Å²) in [6, 6.07) is 0. The molecular weight excluding hydrogens is 418 g/mol. The first kappa shape index (κ1) is 35.6. The fraction of sp³-hybridized carbons (Fsp3) is 0.968. The van der Waals surface area contributed by atoms with Gasteiger partial charge < -0.3 is 10.0 Å². The van der Waals surface area contributed by atoms with Gasteiger partial charge >= 0.3 is 5.97 Å². The van der Waals surface area contributed by atoms with E-state index < -0.39 is 5.97 Å². The van der Waals surface area contributed by atoms with Gasteiger partial charge in [0.2, 0.25) is 0 Å². The molecule has 1 N–H and O–H groups in total. The molecule has 0 fully saturated rings. The minimum atomic E-state index is -0.653. The quantitative estimate of drug-likeness (QED) is 0.124. The minimum Gasteiger partial charge on any atom is -0.481 e. The lowest BCUT2D eigenvalue weighted by atomic mass is 10.0. The first-order valence-corrected chi connectivity index (χ1v) is 15.5. The van der Waals surface area contributed by atoms with Gasteiger partial charge in [0, 0.05) is 6.42 Å². The molecule has 3 nitrogen and oxygen atoms in total. The highest BCUT2D eigenvalue weighted by Gasteiger charge is 1.98. The maximum Gasteiger partial charge on any atom is 0.303 e. The van der Waals surface area contributed by atoms with Crippen LogP contribution in [-0.4, -0.2) is 36.1 Å². The Bertz CT molecular complexity index is 360. The highest BCUT2D eigenvalue weighted by atomic mass is 16.4. The largest absolute Gasteiger partial charge is 0.481 e. The number of hydrogen-bond donors (Lipinski definition) is 1. The number of carbonyl (C=O) groups is 1. The molecule has 0 heterocycles. The number of carboxylic acid groups (broad SMARTS) is 1. The highest BCUT2D eigenvalue weighted by molar-refractivity contribution is 5.66. The number of hydrogen-bond acceptors (Lipinski definition) is 2. The molecule has 0 amide bonds. The van der Waals surface area contributed by atoms with Gasteiger partial charge in [0.15, 0.2) is 0 Å². The van der Waals surface area contributed by atoms with Crippen molar-refractivity contribution in [3.05, 3.63) is 0 Å². The molecule has 0 rings (SSSR count). The maximum absolute atomic E-state index is 10.3. The fourth-order valence-electron chi connectivity index (χ4n) is 4.38. The van der Waals surface area contributed by atoms with Crippen molar-refractivity contribution in [2.24, 2.45) is 0 Å². The third-order valence-corrected chi connectivity index (χ3v) is 6.78. The summed E-state index contributed by atoms with van der Waals surface area (Å²) in [7, 11) is 2.26. The number of unbranched alkanes of at least 4 members (excludes halogenated alkanes) is 20. The van der Waals surface area contributed by atoms with Crippen LogP contribution in [-0.2, 0) is 4.79 Å². The van der Waals surface area contributed by atoms with Crippen LogP contribution in [0.1, 0.15) is 175 Å². The molecule has 0 aromatic rings. The highest BCUT2D eigenvalue weighted by Crippen LogP contribution is 2.13. The summed E-state index contributed by atoms with van der Waals surface area (Å²) in [5.41, 5.74) is 0. The molecule has 0 atom stereocenters. The maximum atomic E-state index is 10.3. The third kappa shape index (κ3) is 36.0. The molecule has 0 aromatic heterocycles. The zero-order valence-corrected chi connectivity index (χ0v) is 24.2. The number of rotatable bonds is 26. The Morgan fingerprint density at radius 2 is 0.735 bits per heavy atom. The Kier molecular flexibility index (Phi) is 33.9. The molecule has 0 saturated heterocycles. The van der Waals surface area contributed by atoms with Gasteiger partial charge in [0.1, 0.15) is 0 Å². The Hall–Kier alpha value is -0.570. The van der Waals surface area contributed by atoms with E-state index in [9.17, 15) is 4.79 Å². The summed E-state index contributed by atoms with van der Waals surface area (Å²) < 4.78 is 0. The summed E-state index contributed by atoms with van der Waals surface area (Å²) in [4.78, 5) is 12.8. The zero-order chi connectivity index (χ0) is 25.5. The topological polar surface area (TPSA) is 40.5 Å². The molecular formula is C31H65NO2. The fourth-order valence-corrected chi connectivity index (χ4v) is 4.38. The standard InChI is InChI=1S/C18H36O2.C13H29N/c1-2-3-4-5-6-7-8-9-10-11-12-13-14-15-16-17-18(19)20;1-4-6-8-10-12-14(3)13-11-9-7-5-2/h2-17H2,1H3,(H,19,20);4-13H2,1-3H3. The number of carboxylic acids is 1. The average molecular weight is 484 g/mol. The predicted molar refractivity (Wildman–Crippen MR) is 153 cm³/mol. The van der Waals surface area contributed by atoms with Gasteiger partial charge in [-0.25, -0.2) is 0 Å². The van der Waals surface area contributed by atoms with Crippen molar-refractivity contribution in [2.75, 3.05) is 20.1 Å². The first-order chi connectivity index (χ1) is 16.6. The molecule has 0 aliphatic carbocycles. The lowest BCUT2D eigenvalue weighted by molar-refractivity contribution is -0.137. The summed E-state index contributed by atoms with van der Waals surface area (Å²) in [6.45, 7) is 9.41. The third-order valence-electron chi connectivity index (χ3n) is 6.78. The Labute approximate surface area is 215 Å². The van der Waals surface area contributed by atoms with Crippen LogP contribution < -0.4 is 0 Å². The predicted octanol–water partition coefficient (Wildman–Crippen LogP) is 10.4. The molecule has 0 spiro atoms. The second-order valence-corrected chi connectivity index (χ2v) is 10.5. The second-order valence-electron chi connectivity index (χ2n) is 10.5. The van der Waals surface area contributed by atoms with Crippen molar-refractivity contribution in [1.29, 1.82) is 0 Å². The van der Waals surface area contributed by atoms with Crippen molar-refractivity contribution in [3.8, 4) is 0 Å². The lowest BCUT2D eigenvalue weighted by Crippen LogP contribution is -2.20. The SMILES string of the molecule is CCCCCCCCCCCCCCCCCC(=O)O.CCCCCCN(C)CCCCCC. The van der Waals surface area contributed by atoms with Crippen molar-refractivity contribution >= 4 is 5.97 Å². The van der Waals surface area contributed by atoms with E-state index >= 15 is 0 Å². The smallest absolute Gasteiger partial charge is 0.303 e. The van der Waals surface area contributed by atoms with Gasteiger partial charge in [-0.1, -0.05) is 149 Å². The van der Waals surface area contributed by atoms with E-state index in [2.05, 4.69) is 32.7 Å². The van der Waals surface area contributed by atoms with Crippen LogP contribution in [0.15, 0.2) is 0 Å². The lowest BCUT2D eigenvalue weighted by Gasteiger charge is -2.15. The minimum absolute atomic E-state index is 0.345. The second kappa shape index (κ2) is 32.4. The number of aliphatic carboxylic acids is 1. The van der Waals surface area contributed by atoms with Crippen LogP contribution in [0.5, 0.6) is 0 Å². The van der Waals surface area contributed by atoms with Crippen molar-refractivity contribution < 1.29 is 9.90 Å². The van der Waals surface area contributed by atoms with Gasteiger partial charge in [0.05, 0.1) is 0 Å². The van der Waals surface area contributed by atoms with Crippen LogP contribution in [0.2, 0.25) is 0 Å². The Morgan fingerprint density at radius 3 is 1.03 bits per heavy atom. The molecule has 0 aliphatic rings. The van der Waals surface area contributed by atoms with Crippen molar-refractivity contribution in [3.63, 3.8) is 0 Å². The van der Waals surface area contributed by atoms with Crippen molar-refractivity contribution in [2.45, 2.75) is 175 Å². The van der Waals surface area contributed by atoms with Crippen LogP contribution in [0.4, 0.5) is 0 Å². The molecule has 0 unspecified atom stereocenters. The van der Waals surface area contributed by atoms with E-state index in [1.165, 1.54) is 148 Å². The van der Waals surface area contributed by atoms with Gasteiger partial charge in [-0.3, -0.25) is 4.79 Å². The van der Waals surface area contributed by atoms with E-state index in [0.717, 1.165) is 12.8 Å². The summed E-state index contributed by atoms with van der Waals surface area (Å²) in [6.07, 6.45) is 31.3. The molecule has 0 aromatic carbocycles. The van der Waals surface area contributed by atoms with Crippen LogP contribution in [0.3, 0.4) is 0 Å². The monoisotopic (exact) mass is 484 g/mol. The molecule has 0 bridgehead atoms. The number of nitrogens with zero attached hydrogens (tertiary/aromatic N) is 1. The zero-order valence-electron chi connectivity index (χ0n) is 24.2. The van der Waals surface area contributed by atoms with Crippen LogP contribution in [0, 0.1) is 0 Å². The Balaban J connectivity index is 0. The summed E-state index contributed by atoms with van der Waals surface area (Å²) in [5, 5.41) is 8.52. The summed E-state index contributed by atoms with van der Waals surface area (Å²) >= 11 is 0. The van der Waals surface area contributed by atoms with Gasteiger partial charge in [-0.05, 0) is 39.4 Å². The van der Waals surface area contributed by atoms with E-state index in [-0.39, 0.29) is 0 Å². The van der Waals surface area contributed by atoms with Gasteiger partial charge in [-0.15, -0.1) is 0 Å². The molecule has 3 heteroatoms. The van der Waals surface area contributed by atoms with E-state index in [1.54, 1.807) is 0 Å². The average Bonchev–Trinajstić information content (AvgIpc) is 2.82. The van der Waals surface area contributed by atoms with Crippen molar-refractivity contribution in [1.82, 2.24) is 4.90 Å². The van der Waals surface area contributed by atoms with E-state index in [1.807, 2.05) is 0 Å². The Morgan fingerprint density at radius 1 is 0.471 bits per heavy atom. The van der Waals surface area contributed by atoms with Crippen LogP contribution >= 0.6 is 0 Å². The summed E-state index contributed by atoms with van der Waals surface area (Å²) in [5.74, 6) is -0.653. The van der Waals surface area contributed by atoms with Gasteiger partial charge in [-0.2, -0.15) is 0 Å². The molecule has 34 heavy (non-hydrogen) atoms. The molecule has 0 aliphatic heterocycles. The normalized spacial score (nSPS) is 11.0. The molecule has 0 radical (unpaired) electrons. The molecule has 0 saturated carbocycles. The van der Waals surface area contributed by atoms with Crippen LogP contribution in [0.25, 0.3) is 0 Å². The van der Waals surface area contributed by atoms with Gasteiger partial charge in [0.25, 0.3) is 0 Å². The first-order valence-electron chi connectivity index (χ1n) is 15.5.